The molecule has 0 saturated heterocycles. The highest BCUT2D eigenvalue weighted by Crippen LogP contribution is 2.36. The zero-order valence-electron chi connectivity index (χ0n) is 13.2. The Morgan fingerprint density at radius 2 is 1.84 bits per heavy atom. The maximum Gasteiger partial charge on any atom is 0.231 e. The molecule has 0 amide bonds. The van der Waals surface area contributed by atoms with E-state index in [0.29, 0.717) is 0 Å². The van der Waals surface area contributed by atoms with Crippen molar-refractivity contribution in [3.63, 3.8) is 0 Å². The predicted molar refractivity (Wildman–Crippen MR) is 101 cm³/mol. The number of pyridine rings is 1. The van der Waals surface area contributed by atoms with Crippen LogP contribution in [0.25, 0.3) is 21.3 Å². The Morgan fingerprint density at radius 3 is 2.76 bits per heavy atom. The minimum Gasteiger partial charge on any atom is -0.454 e. The smallest absolute Gasteiger partial charge is 0.231 e. The molecular weight excluding hydrogens is 332 g/mol. The number of nitrogens with one attached hydrogen (secondary N) is 1. The first-order valence-electron chi connectivity index (χ1n) is 7.97. The first-order valence-corrected chi connectivity index (χ1v) is 8.85. The van der Waals surface area contributed by atoms with Gasteiger partial charge in [-0.05, 0) is 35.0 Å². The van der Waals surface area contributed by atoms with Crippen LogP contribution in [-0.4, -0.2) is 11.8 Å². The van der Waals surface area contributed by atoms with Gasteiger partial charge in [-0.3, -0.25) is 0 Å². The summed E-state index contributed by atoms with van der Waals surface area (Å²) >= 11 is 1.69. The van der Waals surface area contributed by atoms with Gasteiger partial charge in [0.1, 0.15) is 5.82 Å². The van der Waals surface area contributed by atoms with E-state index < -0.39 is 0 Å². The second-order valence-electron chi connectivity index (χ2n) is 5.75. The van der Waals surface area contributed by atoms with Crippen LogP contribution in [0.2, 0.25) is 0 Å². The van der Waals surface area contributed by atoms with Crippen molar-refractivity contribution in [2.45, 2.75) is 0 Å². The normalized spacial score (nSPS) is 12.5. The van der Waals surface area contributed by atoms with Crippen molar-refractivity contribution in [1.82, 2.24) is 4.98 Å². The van der Waals surface area contributed by atoms with Gasteiger partial charge in [-0.25, -0.2) is 4.98 Å². The largest absolute Gasteiger partial charge is 0.454 e. The van der Waals surface area contributed by atoms with E-state index in [-0.39, 0.29) is 6.79 Å². The van der Waals surface area contributed by atoms with Crippen molar-refractivity contribution in [2.24, 2.45) is 0 Å². The Labute approximate surface area is 148 Å². The van der Waals surface area contributed by atoms with E-state index in [0.717, 1.165) is 44.3 Å². The highest BCUT2D eigenvalue weighted by atomic mass is 32.1. The molecule has 0 spiro atoms. The molecule has 0 atom stereocenters. The minimum absolute atomic E-state index is 0.272. The lowest BCUT2D eigenvalue weighted by Crippen LogP contribution is -1.96. The zero-order valence-corrected chi connectivity index (χ0v) is 14.0. The van der Waals surface area contributed by atoms with E-state index in [4.69, 9.17) is 14.5 Å². The van der Waals surface area contributed by atoms with E-state index in [1.165, 1.54) is 0 Å². The molecule has 5 heteroatoms. The molecule has 0 unspecified atom stereocenters. The van der Waals surface area contributed by atoms with Gasteiger partial charge in [0.05, 0.1) is 10.6 Å². The fourth-order valence-electron chi connectivity index (χ4n) is 2.96. The highest BCUT2D eigenvalue weighted by Gasteiger charge is 2.14. The number of anilines is 2. The second-order valence-corrected chi connectivity index (χ2v) is 6.70. The molecule has 1 aliphatic heterocycles. The third-order valence-corrected chi connectivity index (χ3v) is 5.04. The molecule has 0 fully saturated rings. The quantitative estimate of drug-likeness (QED) is 0.537. The van der Waals surface area contributed by atoms with Crippen molar-refractivity contribution in [1.29, 1.82) is 0 Å². The molecule has 25 heavy (non-hydrogen) atoms. The number of thiophene rings is 1. The number of hydrogen-bond acceptors (Lipinski definition) is 5. The van der Waals surface area contributed by atoms with Crippen LogP contribution in [0.4, 0.5) is 11.5 Å². The Kier molecular flexibility index (Phi) is 3.31. The van der Waals surface area contributed by atoms with Gasteiger partial charge in [0.2, 0.25) is 6.79 Å². The van der Waals surface area contributed by atoms with Crippen LogP contribution in [0.15, 0.2) is 66.0 Å². The standard InChI is InChI=1S/C20H14N2O2S/c1-2-5-15-13(4-1)10-16(19-6-3-9-25-19)22-20(15)21-14-7-8-17-18(11-14)24-12-23-17/h1-11H,12H2,(H,21,22). The van der Waals surface area contributed by atoms with Crippen LogP contribution in [0, 0.1) is 0 Å². The van der Waals surface area contributed by atoms with Gasteiger partial charge in [-0.15, -0.1) is 11.3 Å². The van der Waals surface area contributed by atoms with Crippen molar-refractivity contribution >= 4 is 33.6 Å². The molecule has 0 aliphatic carbocycles. The summed E-state index contributed by atoms with van der Waals surface area (Å²) in [6, 6.07) is 20.4. The lowest BCUT2D eigenvalue weighted by atomic mass is 10.1. The summed E-state index contributed by atoms with van der Waals surface area (Å²) in [4.78, 5) is 6.01. The number of aromatic nitrogens is 1. The summed E-state index contributed by atoms with van der Waals surface area (Å²) in [7, 11) is 0. The fraction of sp³-hybridized carbons (Fsp3) is 0.0500. The SMILES string of the molecule is c1csc(-c2cc3ccccc3c(Nc3ccc4c(c3)OCO4)n2)c1. The Hall–Kier alpha value is -3.05. The molecule has 0 radical (unpaired) electrons. The number of ether oxygens (including phenoxy) is 2. The summed E-state index contributed by atoms with van der Waals surface area (Å²) in [6.07, 6.45) is 0. The van der Waals surface area contributed by atoms with E-state index in [1.807, 2.05) is 36.4 Å². The zero-order chi connectivity index (χ0) is 16.6. The van der Waals surface area contributed by atoms with Crippen LogP contribution in [-0.2, 0) is 0 Å². The van der Waals surface area contributed by atoms with Gasteiger partial charge in [0.25, 0.3) is 0 Å². The van der Waals surface area contributed by atoms with Gasteiger partial charge < -0.3 is 14.8 Å². The van der Waals surface area contributed by atoms with Gasteiger partial charge in [-0.2, -0.15) is 0 Å². The molecule has 5 rings (SSSR count). The van der Waals surface area contributed by atoms with Crippen LogP contribution in [0.5, 0.6) is 11.5 Å². The van der Waals surface area contributed by atoms with Crippen molar-refractivity contribution in [2.75, 3.05) is 12.1 Å². The second kappa shape index (κ2) is 5.79. The molecule has 2 aromatic heterocycles. The lowest BCUT2D eigenvalue weighted by molar-refractivity contribution is 0.174. The van der Waals surface area contributed by atoms with Crippen molar-refractivity contribution in [3.05, 3.63) is 66.0 Å². The summed E-state index contributed by atoms with van der Waals surface area (Å²) < 4.78 is 10.8. The summed E-state index contributed by atoms with van der Waals surface area (Å²) in [5.41, 5.74) is 1.89. The van der Waals surface area contributed by atoms with Crippen molar-refractivity contribution in [3.8, 4) is 22.1 Å². The molecule has 4 aromatic rings. The maximum absolute atomic E-state index is 5.47. The van der Waals surface area contributed by atoms with E-state index in [2.05, 4.69) is 35.0 Å². The average molecular weight is 346 g/mol. The number of benzene rings is 2. The van der Waals surface area contributed by atoms with Gasteiger partial charge in [0, 0.05) is 17.1 Å². The van der Waals surface area contributed by atoms with E-state index >= 15 is 0 Å². The number of fused-ring (bicyclic) bond motifs is 2. The minimum atomic E-state index is 0.272. The summed E-state index contributed by atoms with van der Waals surface area (Å²) in [5.74, 6) is 2.36. The Balaban J connectivity index is 1.62. The molecule has 3 heterocycles. The van der Waals surface area contributed by atoms with Crippen LogP contribution < -0.4 is 14.8 Å². The van der Waals surface area contributed by atoms with Crippen LogP contribution in [0.1, 0.15) is 0 Å². The van der Waals surface area contributed by atoms with Gasteiger partial charge in [0.15, 0.2) is 11.5 Å². The van der Waals surface area contributed by atoms with Crippen molar-refractivity contribution < 1.29 is 9.47 Å². The van der Waals surface area contributed by atoms with Crippen LogP contribution >= 0.6 is 11.3 Å². The molecule has 4 nitrogen and oxygen atoms in total. The van der Waals surface area contributed by atoms with E-state index in [1.54, 1.807) is 11.3 Å². The van der Waals surface area contributed by atoms with Crippen LogP contribution in [0.3, 0.4) is 0 Å². The van der Waals surface area contributed by atoms with Gasteiger partial charge >= 0.3 is 0 Å². The summed E-state index contributed by atoms with van der Waals surface area (Å²) in [5, 5.41) is 7.74. The van der Waals surface area contributed by atoms with Gasteiger partial charge in [-0.1, -0.05) is 30.3 Å². The number of nitrogens with zero attached hydrogens (tertiary/aromatic N) is 1. The molecule has 2 aromatic carbocycles. The molecule has 0 saturated carbocycles. The number of hydrogen-bond donors (Lipinski definition) is 1. The molecule has 0 bridgehead atoms. The average Bonchev–Trinajstić information content (AvgIpc) is 3.33. The summed E-state index contributed by atoms with van der Waals surface area (Å²) in [6.45, 7) is 0.272. The lowest BCUT2D eigenvalue weighted by Gasteiger charge is -2.11. The predicted octanol–water partition coefficient (Wildman–Crippen LogP) is 5.44. The topological polar surface area (TPSA) is 43.4 Å². The highest BCUT2D eigenvalue weighted by molar-refractivity contribution is 7.13. The first-order chi connectivity index (χ1) is 12.4. The fourth-order valence-corrected chi connectivity index (χ4v) is 3.64. The number of rotatable bonds is 3. The maximum atomic E-state index is 5.47. The third kappa shape index (κ3) is 2.58. The Bertz CT molecular complexity index is 1060. The molecule has 122 valence electrons. The van der Waals surface area contributed by atoms with E-state index in [9.17, 15) is 0 Å². The molecule has 1 N–H and O–H groups in total. The molecular formula is C20H14N2O2S. The Morgan fingerprint density at radius 1 is 0.920 bits per heavy atom. The first kappa shape index (κ1) is 14.3. The third-order valence-electron chi connectivity index (χ3n) is 4.15. The monoisotopic (exact) mass is 346 g/mol. The molecule has 1 aliphatic rings.